The molecule has 3 aromatic rings. The van der Waals surface area contributed by atoms with E-state index in [1.165, 1.54) is 40.3 Å². The standard InChI is InChI=1S/C18H17FN4O2S.C10H19N5S/c1-4-5-22-13-7-12(11(19)6-14(13)25-9-16(22)24)20-17-23-10-18(2,3)8-15(23)21-26-17;1-6-11-7-12-8(15-10(2,3)4)14-9(13-7)16-5/h1,6-7H,5,8-10H2,2-3H3;6H2,1-5H3,(H2,11,12,13,14,15)/b20-17-;. The number of nitrogens with zero attached hydrogens (tertiary/aromatic N) is 7. The van der Waals surface area contributed by atoms with E-state index in [0.717, 1.165) is 30.5 Å². The van der Waals surface area contributed by atoms with Crippen molar-refractivity contribution in [1.29, 1.82) is 0 Å². The van der Waals surface area contributed by atoms with E-state index in [0.29, 0.717) is 28.1 Å². The maximum Gasteiger partial charge on any atom is 0.265 e. The number of thioether (sulfide) groups is 1. The lowest BCUT2D eigenvalue weighted by Gasteiger charge is -2.28. The minimum Gasteiger partial charge on any atom is -0.481 e. The van der Waals surface area contributed by atoms with Gasteiger partial charge >= 0.3 is 0 Å². The molecule has 14 heteroatoms. The summed E-state index contributed by atoms with van der Waals surface area (Å²) in [6.07, 6.45) is 8.17. The van der Waals surface area contributed by atoms with Crippen molar-refractivity contribution in [1.82, 2.24) is 23.9 Å². The van der Waals surface area contributed by atoms with Gasteiger partial charge in [-0.15, -0.1) is 6.42 Å². The molecular formula is C28H36FN9O2S2. The second kappa shape index (κ2) is 12.7. The van der Waals surface area contributed by atoms with Crippen LogP contribution in [0.15, 0.2) is 22.3 Å². The predicted molar refractivity (Wildman–Crippen MR) is 165 cm³/mol. The number of ether oxygens (including phenoxy) is 1. The smallest absolute Gasteiger partial charge is 0.265 e. The molecule has 2 N–H and O–H groups in total. The van der Waals surface area contributed by atoms with Gasteiger partial charge in [0.15, 0.2) is 17.6 Å². The second-order valence-corrected chi connectivity index (χ2v) is 13.0. The van der Waals surface area contributed by atoms with Crippen LogP contribution < -0.4 is 25.1 Å². The molecule has 0 unspecified atom stereocenters. The number of anilines is 3. The number of rotatable bonds is 6. The summed E-state index contributed by atoms with van der Waals surface area (Å²) in [4.78, 5) is 31.4. The first-order valence-corrected chi connectivity index (χ1v) is 15.4. The van der Waals surface area contributed by atoms with Crippen LogP contribution in [0.2, 0.25) is 0 Å². The van der Waals surface area contributed by atoms with Crippen molar-refractivity contribution in [2.75, 3.05) is 41.5 Å². The second-order valence-electron chi connectivity index (χ2n) is 11.5. The summed E-state index contributed by atoms with van der Waals surface area (Å²) in [5.74, 6) is 4.15. The molecule has 5 rings (SSSR count). The summed E-state index contributed by atoms with van der Waals surface area (Å²) in [6.45, 7) is 14.1. The van der Waals surface area contributed by atoms with Crippen LogP contribution >= 0.6 is 23.3 Å². The Morgan fingerprint density at radius 2 is 2.00 bits per heavy atom. The number of terminal acetylenes is 1. The van der Waals surface area contributed by atoms with Crippen molar-refractivity contribution in [3.05, 3.63) is 28.6 Å². The molecule has 0 fully saturated rings. The summed E-state index contributed by atoms with van der Waals surface area (Å²) in [7, 11) is 0. The van der Waals surface area contributed by atoms with E-state index >= 15 is 0 Å². The molecule has 42 heavy (non-hydrogen) atoms. The predicted octanol–water partition coefficient (Wildman–Crippen LogP) is 4.49. The summed E-state index contributed by atoms with van der Waals surface area (Å²) >= 11 is 2.75. The number of amides is 1. The molecule has 2 aliphatic rings. The number of nitrogens with one attached hydrogen (secondary N) is 2. The highest BCUT2D eigenvalue weighted by molar-refractivity contribution is 7.98. The zero-order valence-electron chi connectivity index (χ0n) is 24.9. The Kier molecular flexibility index (Phi) is 9.42. The van der Waals surface area contributed by atoms with Crippen molar-refractivity contribution in [2.24, 2.45) is 10.4 Å². The third kappa shape index (κ3) is 7.57. The van der Waals surface area contributed by atoms with E-state index in [1.54, 1.807) is 0 Å². The number of carbonyl (C=O) groups is 1. The quantitative estimate of drug-likeness (QED) is 0.306. The maximum atomic E-state index is 14.5. The van der Waals surface area contributed by atoms with Crippen molar-refractivity contribution in [3.8, 4) is 18.1 Å². The lowest BCUT2D eigenvalue weighted by Crippen LogP contribution is -2.39. The average Bonchev–Trinajstić information content (AvgIpc) is 3.41. The lowest BCUT2D eigenvalue weighted by molar-refractivity contribution is -0.121. The number of carbonyl (C=O) groups excluding carboxylic acids is 1. The van der Waals surface area contributed by atoms with Crippen LogP contribution in [0, 0.1) is 23.6 Å². The molecule has 0 radical (unpaired) electrons. The Labute approximate surface area is 253 Å². The zero-order valence-corrected chi connectivity index (χ0v) is 26.5. The van der Waals surface area contributed by atoms with Crippen molar-refractivity contribution >= 4 is 52.5 Å². The number of hydrogen-bond donors (Lipinski definition) is 2. The first kappa shape index (κ1) is 31.2. The maximum absolute atomic E-state index is 14.5. The monoisotopic (exact) mass is 613 g/mol. The van der Waals surface area contributed by atoms with E-state index in [9.17, 15) is 9.18 Å². The van der Waals surface area contributed by atoms with Crippen LogP contribution in [0.3, 0.4) is 0 Å². The Bertz CT molecular complexity index is 1570. The van der Waals surface area contributed by atoms with Gasteiger partial charge in [-0.05, 0) is 45.4 Å². The molecule has 0 bridgehead atoms. The zero-order chi connectivity index (χ0) is 30.7. The van der Waals surface area contributed by atoms with Crippen LogP contribution in [0.25, 0.3) is 0 Å². The molecule has 0 saturated heterocycles. The average molecular weight is 614 g/mol. The number of benzene rings is 1. The summed E-state index contributed by atoms with van der Waals surface area (Å²) in [5, 5.41) is 7.05. The van der Waals surface area contributed by atoms with Crippen LogP contribution in [-0.2, 0) is 17.8 Å². The van der Waals surface area contributed by atoms with E-state index in [-0.39, 0.29) is 35.7 Å². The van der Waals surface area contributed by atoms with Gasteiger partial charge in [0.05, 0.1) is 12.2 Å². The lowest BCUT2D eigenvalue weighted by atomic mass is 9.92. The van der Waals surface area contributed by atoms with E-state index < -0.39 is 5.82 Å². The SMILES string of the molecule is C#CCN1C(=O)COc2cc(F)c(/N=c3\snc4n3CC(C)(C)C4)cc21.CCNc1nc(NC(C)(C)C)nc(SC)n1. The molecule has 2 aliphatic heterocycles. The highest BCUT2D eigenvalue weighted by Gasteiger charge is 2.31. The molecule has 1 aromatic carbocycles. The van der Waals surface area contributed by atoms with Gasteiger partial charge in [0.1, 0.15) is 17.3 Å². The Balaban J connectivity index is 0.000000219. The van der Waals surface area contributed by atoms with E-state index in [4.69, 9.17) is 11.2 Å². The third-order valence-electron chi connectivity index (χ3n) is 6.05. The molecule has 11 nitrogen and oxygen atoms in total. The van der Waals surface area contributed by atoms with Crippen LogP contribution in [0.1, 0.15) is 47.4 Å². The summed E-state index contributed by atoms with van der Waals surface area (Å²) < 4.78 is 26.3. The van der Waals surface area contributed by atoms with Gasteiger partial charge in [0.25, 0.3) is 5.91 Å². The normalized spacial score (nSPS) is 15.6. The third-order valence-corrected chi connectivity index (χ3v) is 7.38. The molecule has 224 valence electrons. The van der Waals surface area contributed by atoms with Gasteiger partial charge in [0.2, 0.25) is 16.7 Å². The highest BCUT2D eigenvalue weighted by Crippen LogP contribution is 2.37. The van der Waals surface area contributed by atoms with Gasteiger partial charge in [-0.2, -0.15) is 19.3 Å². The molecule has 0 aliphatic carbocycles. The molecule has 2 aromatic heterocycles. The van der Waals surface area contributed by atoms with Crippen LogP contribution in [0.4, 0.5) is 27.7 Å². The minimum atomic E-state index is -0.515. The van der Waals surface area contributed by atoms with Gasteiger partial charge in [-0.1, -0.05) is 31.5 Å². The fraction of sp³-hybridized carbons (Fsp3) is 0.500. The van der Waals surface area contributed by atoms with Crippen molar-refractivity contribution < 1.29 is 13.9 Å². The Morgan fingerprint density at radius 3 is 2.67 bits per heavy atom. The molecule has 0 spiro atoms. The van der Waals surface area contributed by atoms with E-state index in [2.05, 4.69) is 75.5 Å². The summed E-state index contributed by atoms with van der Waals surface area (Å²) in [6, 6.07) is 2.76. The molecule has 0 saturated carbocycles. The van der Waals surface area contributed by atoms with Gasteiger partial charge < -0.3 is 19.9 Å². The fourth-order valence-corrected chi connectivity index (χ4v) is 5.44. The molecule has 1 amide bonds. The molecular weight excluding hydrogens is 578 g/mol. The summed E-state index contributed by atoms with van der Waals surface area (Å²) in [5.41, 5.74) is 0.623. The van der Waals surface area contributed by atoms with Gasteiger partial charge in [-0.3, -0.25) is 9.69 Å². The van der Waals surface area contributed by atoms with Crippen LogP contribution in [0.5, 0.6) is 5.75 Å². The molecule has 0 atom stereocenters. The first-order chi connectivity index (χ1) is 19.8. The van der Waals surface area contributed by atoms with Gasteiger partial charge in [0, 0.05) is 42.6 Å². The van der Waals surface area contributed by atoms with Gasteiger partial charge in [-0.25, -0.2) is 9.38 Å². The number of aromatic nitrogens is 5. The number of halogens is 1. The Hall–Kier alpha value is -3.70. The fourth-order valence-electron chi connectivity index (χ4n) is 4.32. The van der Waals surface area contributed by atoms with Crippen LogP contribution in [-0.4, -0.2) is 61.3 Å². The topological polar surface area (TPSA) is 122 Å². The minimum absolute atomic E-state index is 0.0550. The van der Waals surface area contributed by atoms with Crippen molar-refractivity contribution in [2.45, 2.75) is 65.2 Å². The van der Waals surface area contributed by atoms with E-state index in [1.807, 2.05) is 17.7 Å². The Morgan fingerprint density at radius 1 is 1.26 bits per heavy atom. The number of hydrogen-bond acceptors (Lipinski definition) is 11. The first-order valence-electron chi connectivity index (χ1n) is 13.4. The largest absolute Gasteiger partial charge is 0.481 e. The molecule has 4 heterocycles. The highest BCUT2D eigenvalue weighted by atomic mass is 32.2. The number of fused-ring (bicyclic) bond motifs is 2. The van der Waals surface area contributed by atoms with Crippen molar-refractivity contribution in [3.63, 3.8) is 0 Å².